The first-order valence-corrected chi connectivity index (χ1v) is 8.98. The lowest BCUT2D eigenvalue weighted by molar-refractivity contribution is -0.115. The average molecular weight is 372 g/mol. The van der Waals surface area contributed by atoms with E-state index in [1.165, 1.54) is 0 Å². The molecule has 0 saturated carbocycles. The van der Waals surface area contributed by atoms with Crippen LogP contribution in [-0.2, 0) is 14.6 Å². The largest absolute Gasteiger partial charge is 0.324 e. The number of anilines is 1. The van der Waals surface area contributed by atoms with Crippen LogP contribution in [0.1, 0.15) is 6.42 Å². The fraction of sp³-hybridized carbons (Fsp3) is 0.231. The van der Waals surface area contributed by atoms with Gasteiger partial charge in [-0.05, 0) is 24.3 Å². The first kappa shape index (κ1) is 15.7. The summed E-state index contributed by atoms with van der Waals surface area (Å²) >= 11 is 3.34. The summed E-state index contributed by atoms with van der Waals surface area (Å²) in [6.07, 6.45) is 4.42. The van der Waals surface area contributed by atoms with Gasteiger partial charge in [-0.2, -0.15) is 5.10 Å². The van der Waals surface area contributed by atoms with Gasteiger partial charge in [0.05, 0.1) is 17.1 Å². The van der Waals surface area contributed by atoms with E-state index in [9.17, 15) is 13.2 Å². The smallest absolute Gasteiger partial charge is 0.225 e. The van der Waals surface area contributed by atoms with Crippen molar-refractivity contribution in [1.29, 1.82) is 0 Å². The summed E-state index contributed by atoms with van der Waals surface area (Å²) in [6, 6.07) is 7.17. The van der Waals surface area contributed by atoms with Crippen LogP contribution in [0.3, 0.4) is 0 Å². The number of nitrogens with zero attached hydrogens (tertiary/aromatic N) is 2. The number of halogens is 1. The van der Waals surface area contributed by atoms with E-state index in [0.29, 0.717) is 11.4 Å². The highest BCUT2D eigenvalue weighted by molar-refractivity contribution is 9.10. The lowest BCUT2D eigenvalue weighted by atomic mass is 10.2. The topological polar surface area (TPSA) is 81.1 Å². The fourth-order valence-corrected chi connectivity index (χ4v) is 2.63. The quantitative estimate of drug-likeness (QED) is 0.871. The molecule has 8 heteroatoms. The van der Waals surface area contributed by atoms with Crippen LogP contribution in [0.2, 0.25) is 0 Å². The Bertz CT molecular complexity index is 742. The molecule has 0 spiro atoms. The number of benzene rings is 1. The van der Waals surface area contributed by atoms with Crippen LogP contribution >= 0.6 is 15.9 Å². The van der Waals surface area contributed by atoms with Gasteiger partial charge in [0.1, 0.15) is 9.84 Å². The lowest BCUT2D eigenvalue weighted by Gasteiger charge is -2.11. The molecule has 2 aromatic rings. The zero-order valence-corrected chi connectivity index (χ0v) is 13.7. The van der Waals surface area contributed by atoms with Gasteiger partial charge >= 0.3 is 0 Å². The molecule has 0 radical (unpaired) electrons. The molecule has 112 valence electrons. The maximum Gasteiger partial charge on any atom is 0.225 e. The normalized spacial score (nSPS) is 11.3. The Labute approximate surface area is 131 Å². The van der Waals surface area contributed by atoms with E-state index in [-0.39, 0.29) is 18.1 Å². The molecular formula is C13H14BrN3O3S. The van der Waals surface area contributed by atoms with Gasteiger partial charge < -0.3 is 5.32 Å². The highest BCUT2D eigenvalue weighted by Crippen LogP contribution is 2.24. The number of nitrogens with one attached hydrogen (secondary N) is 1. The maximum atomic E-state index is 11.9. The molecule has 1 heterocycles. The third-order valence-corrected chi connectivity index (χ3v) is 4.12. The van der Waals surface area contributed by atoms with E-state index >= 15 is 0 Å². The first-order chi connectivity index (χ1) is 9.85. The van der Waals surface area contributed by atoms with E-state index in [0.717, 1.165) is 10.7 Å². The minimum Gasteiger partial charge on any atom is -0.324 e. The molecule has 1 N–H and O–H groups in total. The van der Waals surface area contributed by atoms with Crippen LogP contribution in [0.4, 0.5) is 5.69 Å². The molecule has 1 amide bonds. The number of aromatic nitrogens is 2. The van der Waals surface area contributed by atoms with Gasteiger partial charge in [0.15, 0.2) is 0 Å². The molecule has 0 unspecified atom stereocenters. The molecule has 0 fully saturated rings. The summed E-state index contributed by atoms with van der Waals surface area (Å²) in [7, 11) is -3.16. The molecule has 1 aromatic carbocycles. The summed E-state index contributed by atoms with van der Waals surface area (Å²) in [5, 5.41) is 6.84. The average Bonchev–Trinajstić information content (AvgIpc) is 2.89. The summed E-state index contributed by atoms with van der Waals surface area (Å²) in [5.74, 6) is -0.531. The van der Waals surface area contributed by atoms with Crippen LogP contribution in [0.25, 0.3) is 5.69 Å². The van der Waals surface area contributed by atoms with Crippen molar-refractivity contribution in [2.75, 3.05) is 17.3 Å². The molecule has 0 aliphatic heterocycles. The number of rotatable bonds is 5. The van der Waals surface area contributed by atoms with Gasteiger partial charge in [-0.3, -0.25) is 4.79 Å². The van der Waals surface area contributed by atoms with Crippen LogP contribution in [0, 0.1) is 0 Å². The number of hydrogen-bond acceptors (Lipinski definition) is 4. The monoisotopic (exact) mass is 371 g/mol. The van der Waals surface area contributed by atoms with Gasteiger partial charge in [-0.1, -0.05) is 15.9 Å². The van der Waals surface area contributed by atoms with Crippen LogP contribution in [0.15, 0.2) is 41.1 Å². The zero-order valence-electron chi connectivity index (χ0n) is 11.3. The molecule has 0 aliphatic rings. The number of amides is 1. The second kappa shape index (κ2) is 6.40. The molecule has 6 nitrogen and oxygen atoms in total. The minimum absolute atomic E-state index is 0.0795. The van der Waals surface area contributed by atoms with Gasteiger partial charge in [0.2, 0.25) is 5.91 Å². The highest BCUT2D eigenvalue weighted by atomic mass is 79.9. The van der Waals surface area contributed by atoms with Gasteiger partial charge in [0.25, 0.3) is 0 Å². The molecule has 0 aliphatic carbocycles. The predicted molar refractivity (Wildman–Crippen MR) is 84.2 cm³/mol. The third kappa shape index (κ3) is 4.68. The second-order valence-corrected chi connectivity index (χ2v) is 7.72. The zero-order chi connectivity index (χ0) is 15.5. The van der Waals surface area contributed by atoms with Crippen LogP contribution in [-0.4, -0.2) is 36.1 Å². The van der Waals surface area contributed by atoms with E-state index in [4.69, 9.17) is 0 Å². The van der Waals surface area contributed by atoms with Crippen molar-refractivity contribution >= 4 is 37.4 Å². The van der Waals surface area contributed by atoms with Crippen molar-refractivity contribution in [2.24, 2.45) is 0 Å². The predicted octanol–water partition coefficient (Wildman–Crippen LogP) is 2.01. The van der Waals surface area contributed by atoms with Crippen molar-refractivity contribution < 1.29 is 13.2 Å². The Morgan fingerprint density at radius 1 is 1.43 bits per heavy atom. The Morgan fingerprint density at radius 3 is 2.81 bits per heavy atom. The lowest BCUT2D eigenvalue weighted by Crippen LogP contribution is -2.17. The van der Waals surface area contributed by atoms with Crippen LogP contribution < -0.4 is 5.32 Å². The molecule has 1 aromatic heterocycles. The molecule has 0 atom stereocenters. The molecule has 0 bridgehead atoms. The van der Waals surface area contributed by atoms with Gasteiger partial charge in [-0.25, -0.2) is 13.1 Å². The van der Waals surface area contributed by atoms with Crippen molar-refractivity contribution in [1.82, 2.24) is 9.78 Å². The molecule has 0 saturated heterocycles. The van der Waals surface area contributed by atoms with E-state index in [2.05, 4.69) is 26.3 Å². The van der Waals surface area contributed by atoms with Crippen molar-refractivity contribution in [3.8, 4) is 5.69 Å². The number of carbonyl (C=O) groups is 1. The second-order valence-electron chi connectivity index (χ2n) is 4.54. The van der Waals surface area contributed by atoms with E-state index in [1.54, 1.807) is 29.2 Å². The van der Waals surface area contributed by atoms with Gasteiger partial charge in [-0.15, -0.1) is 0 Å². The highest BCUT2D eigenvalue weighted by Gasteiger charge is 2.12. The van der Waals surface area contributed by atoms with Crippen molar-refractivity contribution in [3.05, 3.63) is 41.1 Å². The van der Waals surface area contributed by atoms with Crippen LogP contribution in [0.5, 0.6) is 0 Å². The molecule has 2 rings (SSSR count). The number of sulfone groups is 1. The van der Waals surface area contributed by atoms with Crippen molar-refractivity contribution in [2.45, 2.75) is 6.42 Å². The van der Waals surface area contributed by atoms with E-state index < -0.39 is 9.84 Å². The van der Waals surface area contributed by atoms with E-state index in [1.807, 2.05) is 12.1 Å². The fourth-order valence-electron chi connectivity index (χ4n) is 1.71. The number of carbonyl (C=O) groups excluding carboxylic acids is 1. The Kier molecular flexibility index (Phi) is 4.79. The maximum absolute atomic E-state index is 11.9. The molecule has 21 heavy (non-hydrogen) atoms. The Hall–Kier alpha value is -1.67. The Morgan fingerprint density at radius 2 is 2.19 bits per heavy atom. The summed E-state index contributed by atoms with van der Waals surface area (Å²) in [4.78, 5) is 11.9. The Balaban J connectivity index is 2.19. The SMILES string of the molecule is CS(=O)(=O)CCC(=O)Nc1cc(Br)ccc1-n1cccn1. The number of hydrogen-bond donors (Lipinski definition) is 1. The summed E-state index contributed by atoms with van der Waals surface area (Å²) < 4.78 is 24.6. The van der Waals surface area contributed by atoms with Crippen molar-refractivity contribution in [3.63, 3.8) is 0 Å². The third-order valence-electron chi connectivity index (χ3n) is 2.68. The van der Waals surface area contributed by atoms with Gasteiger partial charge in [0, 0.05) is 29.5 Å². The molecular weight excluding hydrogens is 358 g/mol. The summed E-state index contributed by atoms with van der Waals surface area (Å²) in [6.45, 7) is 0. The first-order valence-electron chi connectivity index (χ1n) is 6.12. The summed E-state index contributed by atoms with van der Waals surface area (Å²) in [5.41, 5.74) is 1.27. The standard InChI is InChI=1S/C13H14BrN3O3S/c1-21(19,20)8-5-13(18)16-11-9-10(14)3-4-12(11)17-7-2-6-15-17/h2-4,6-7,9H,5,8H2,1H3,(H,16,18). The minimum atomic E-state index is -3.16.